The Bertz CT molecular complexity index is 907. The second kappa shape index (κ2) is 9.64. The molecule has 0 saturated heterocycles. The summed E-state index contributed by atoms with van der Waals surface area (Å²) in [5.41, 5.74) is -0.616. The smallest absolute Gasteiger partial charge is 0.386 e. The summed E-state index contributed by atoms with van der Waals surface area (Å²) in [5, 5.41) is 0. The van der Waals surface area contributed by atoms with Crippen molar-refractivity contribution in [1.82, 2.24) is 0 Å². The van der Waals surface area contributed by atoms with Crippen LogP contribution in [0.1, 0.15) is 83.0 Å². The molecule has 0 aliphatic carbocycles. The lowest BCUT2D eigenvalue weighted by Gasteiger charge is -2.19. The second-order valence-electron chi connectivity index (χ2n) is 8.90. The molecule has 0 radical (unpaired) electrons. The molecule has 0 atom stereocenters. The van der Waals surface area contributed by atoms with E-state index in [2.05, 4.69) is 9.78 Å². The number of benzene rings is 2. The van der Waals surface area contributed by atoms with Gasteiger partial charge in [-0.3, -0.25) is 0 Å². The van der Waals surface area contributed by atoms with Gasteiger partial charge in [0.2, 0.25) is 0 Å². The van der Waals surface area contributed by atoms with E-state index in [1.54, 1.807) is 41.5 Å². The van der Waals surface area contributed by atoms with E-state index in [0.717, 1.165) is 0 Å². The predicted molar refractivity (Wildman–Crippen MR) is 114 cm³/mol. The maximum Gasteiger partial charge on any atom is 0.386 e. The van der Waals surface area contributed by atoms with Gasteiger partial charge in [-0.1, -0.05) is 0 Å². The number of carbonyl (C=O) groups is 4. The van der Waals surface area contributed by atoms with Crippen molar-refractivity contribution in [2.45, 2.75) is 52.7 Å². The normalized spacial score (nSPS) is 11.3. The van der Waals surface area contributed by atoms with E-state index in [4.69, 9.17) is 9.47 Å². The standard InChI is InChI=1S/C24H26O8/c1-23(2,3)29-19(25)15-7-11-17(12-8-15)21(27)31-32-22(28)18-13-9-16(10-14-18)20(26)30-24(4,5)6/h7-14H,1-6H3. The van der Waals surface area contributed by atoms with E-state index in [1.807, 2.05) is 0 Å². The lowest BCUT2D eigenvalue weighted by molar-refractivity contribution is -0.187. The van der Waals surface area contributed by atoms with Crippen LogP contribution in [-0.2, 0) is 19.2 Å². The number of esters is 2. The molecule has 8 heteroatoms. The zero-order valence-corrected chi connectivity index (χ0v) is 18.9. The van der Waals surface area contributed by atoms with Gasteiger partial charge in [0.15, 0.2) is 0 Å². The zero-order valence-electron chi connectivity index (χ0n) is 18.9. The monoisotopic (exact) mass is 442 g/mol. The summed E-state index contributed by atoms with van der Waals surface area (Å²) in [5.74, 6) is -2.89. The van der Waals surface area contributed by atoms with Crippen molar-refractivity contribution in [3.05, 3.63) is 70.8 Å². The summed E-state index contributed by atoms with van der Waals surface area (Å²) in [7, 11) is 0. The minimum atomic E-state index is -0.917. The summed E-state index contributed by atoms with van der Waals surface area (Å²) >= 11 is 0. The van der Waals surface area contributed by atoms with E-state index >= 15 is 0 Å². The highest BCUT2D eigenvalue weighted by molar-refractivity contribution is 5.95. The van der Waals surface area contributed by atoms with Crippen molar-refractivity contribution in [2.75, 3.05) is 0 Å². The van der Waals surface area contributed by atoms with Crippen molar-refractivity contribution >= 4 is 23.9 Å². The Hall–Kier alpha value is -3.68. The maximum atomic E-state index is 12.1. The first-order chi connectivity index (χ1) is 14.7. The summed E-state index contributed by atoms with van der Waals surface area (Å²) in [6.45, 7) is 10.5. The largest absolute Gasteiger partial charge is 0.456 e. The predicted octanol–water partition coefficient (Wildman–Crippen LogP) is 4.53. The Kier molecular flexibility index (Phi) is 7.40. The first kappa shape index (κ1) is 24.6. The van der Waals surface area contributed by atoms with E-state index in [9.17, 15) is 19.2 Å². The number of rotatable bonds is 4. The van der Waals surface area contributed by atoms with Crippen molar-refractivity contribution in [2.24, 2.45) is 0 Å². The van der Waals surface area contributed by atoms with Crippen LogP contribution in [0.4, 0.5) is 0 Å². The van der Waals surface area contributed by atoms with Crippen LogP contribution in [0.5, 0.6) is 0 Å². The Morgan fingerprint density at radius 2 is 0.688 bits per heavy atom. The average Bonchev–Trinajstić information content (AvgIpc) is 2.69. The summed E-state index contributed by atoms with van der Waals surface area (Å²) in [4.78, 5) is 57.3. The third-order valence-corrected chi connectivity index (χ3v) is 3.70. The van der Waals surface area contributed by atoms with Gasteiger partial charge in [-0.05, 0) is 90.1 Å². The molecule has 8 nitrogen and oxygen atoms in total. The van der Waals surface area contributed by atoms with Crippen LogP contribution in [0.15, 0.2) is 48.5 Å². The lowest BCUT2D eigenvalue weighted by Crippen LogP contribution is -2.24. The quantitative estimate of drug-likeness (QED) is 0.386. The van der Waals surface area contributed by atoms with Crippen LogP contribution < -0.4 is 0 Å². The van der Waals surface area contributed by atoms with Crippen LogP contribution >= 0.6 is 0 Å². The highest BCUT2D eigenvalue weighted by atomic mass is 17.2. The maximum absolute atomic E-state index is 12.1. The molecule has 0 spiro atoms. The van der Waals surface area contributed by atoms with Gasteiger partial charge in [-0.2, -0.15) is 0 Å². The average molecular weight is 442 g/mol. The third-order valence-electron chi connectivity index (χ3n) is 3.70. The van der Waals surface area contributed by atoms with E-state index in [0.29, 0.717) is 0 Å². The molecule has 0 fully saturated rings. The van der Waals surface area contributed by atoms with Gasteiger partial charge in [0.1, 0.15) is 11.2 Å². The fraction of sp³-hybridized carbons (Fsp3) is 0.333. The molecule has 0 bridgehead atoms. The summed E-state index contributed by atoms with van der Waals surface area (Å²) in [6, 6.07) is 11.0. The molecule has 0 aliphatic heterocycles. The molecule has 0 amide bonds. The van der Waals surface area contributed by atoms with E-state index < -0.39 is 35.1 Å². The first-order valence-electron chi connectivity index (χ1n) is 9.85. The molecule has 170 valence electrons. The number of carbonyl (C=O) groups excluding carboxylic acids is 4. The third kappa shape index (κ3) is 7.54. The van der Waals surface area contributed by atoms with Gasteiger partial charge in [0.25, 0.3) is 0 Å². The van der Waals surface area contributed by atoms with Gasteiger partial charge in [-0.25, -0.2) is 29.0 Å². The van der Waals surface area contributed by atoms with Gasteiger partial charge in [0, 0.05) is 0 Å². The minimum Gasteiger partial charge on any atom is -0.456 e. The SMILES string of the molecule is CC(C)(C)OC(=O)c1ccc(C(=O)OOC(=O)c2ccc(C(=O)OC(C)(C)C)cc2)cc1. The zero-order chi connectivity index (χ0) is 24.1. The molecule has 2 rings (SSSR count). The molecule has 0 N–H and O–H groups in total. The van der Waals surface area contributed by atoms with E-state index in [-0.39, 0.29) is 22.3 Å². The Morgan fingerprint density at radius 3 is 0.906 bits per heavy atom. The van der Waals surface area contributed by atoms with Crippen molar-refractivity contribution in [1.29, 1.82) is 0 Å². The Morgan fingerprint density at radius 1 is 0.469 bits per heavy atom. The topological polar surface area (TPSA) is 105 Å². The molecule has 2 aromatic carbocycles. The minimum absolute atomic E-state index is 0.0744. The molecule has 32 heavy (non-hydrogen) atoms. The molecular weight excluding hydrogens is 416 g/mol. The van der Waals surface area contributed by atoms with Crippen molar-refractivity contribution in [3.8, 4) is 0 Å². The van der Waals surface area contributed by atoms with Crippen LogP contribution in [0.3, 0.4) is 0 Å². The first-order valence-corrected chi connectivity index (χ1v) is 9.85. The fourth-order valence-electron chi connectivity index (χ4n) is 2.33. The van der Waals surface area contributed by atoms with Crippen molar-refractivity contribution in [3.63, 3.8) is 0 Å². The van der Waals surface area contributed by atoms with Gasteiger partial charge < -0.3 is 9.47 Å². The molecule has 2 aromatic rings. The van der Waals surface area contributed by atoms with E-state index in [1.165, 1.54) is 48.5 Å². The molecule has 0 aromatic heterocycles. The van der Waals surface area contributed by atoms with Crippen molar-refractivity contribution < 1.29 is 38.4 Å². The highest BCUT2D eigenvalue weighted by Gasteiger charge is 2.20. The van der Waals surface area contributed by atoms with Gasteiger partial charge in [0.05, 0.1) is 22.3 Å². The highest BCUT2D eigenvalue weighted by Crippen LogP contribution is 2.15. The van der Waals surface area contributed by atoms with Crippen LogP contribution in [-0.4, -0.2) is 35.1 Å². The molecule has 0 aliphatic rings. The molecular formula is C24H26O8. The number of hydrogen-bond acceptors (Lipinski definition) is 8. The lowest BCUT2D eigenvalue weighted by atomic mass is 10.1. The summed E-state index contributed by atoms with van der Waals surface area (Å²) < 4.78 is 10.5. The van der Waals surface area contributed by atoms with Gasteiger partial charge >= 0.3 is 23.9 Å². The number of ether oxygens (including phenoxy) is 2. The molecule has 0 heterocycles. The molecule has 0 unspecified atom stereocenters. The van der Waals surface area contributed by atoms with Crippen LogP contribution in [0.2, 0.25) is 0 Å². The second-order valence-corrected chi connectivity index (χ2v) is 8.90. The number of hydrogen-bond donors (Lipinski definition) is 0. The Balaban J connectivity index is 1.93. The van der Waals surface area contributed by atoms with Crippen LogP contribution in [0.25, 0.3) is 0 Å². The summed E-state index contributed by atoms with van der Waals surface area (Å²) in [6.07, 6.45) is 0. The van der Waals surface area contributed by atoms with Crippen LogP contribution in [0, 0.1) is 0 Å². The Labute approximate surface area is 186 Å². The fourth-order valence-corrected chi connectivity index (χ4v) is 2.33. The van der Waals surface area contributed by atoms with Gasteiger partial charge in [-0.15, -0.1) is 0 Å². The molecule has 0 saturated carbocycles.